The van der Waals surface area contributed by atoms with Gasteiger partial charge < -0.3 is 14.9 Å². The van der Waals surface area contributed by atoms with Gasteiger partial charge in [0.1, 0.15) is 22.9 Å². The maximum Gasteiger partial charge on any atom is 0.193 e. The third-order valence-electron chi connectivity index (χ3n) is 3.29. The van der Waals surface area contributed by atoms with Crippen molar-refractivity contribution in [1.82, 2.24) is 0 Å². The fourth-order valence-corrected chi connectivity index (χ4v) is 2.23. The van der Waals surface area contributed by atoms with Gasteiger partial charge in [0.2, 0.25) is 0 Å². The molecule has 112 valence electrons. The summed E-state index contributed by atoms with van der Waals surface area (Å²) in [6.45, 7) is 2.39. The van der Waals surface area contributed by atoms with E-state index in [0.717, 1.165) is 0 Å². The molecule has 2 aromatic carbocycles. The summed E-state index contributed by atoms with van der Waals surface area (Å²) in [7, 11) is 0. The molecule has 0 unspecified atom stereocenters. The molecule has 2 N–H and O–H groups in total. The molecule has 1 aromatic heterocycles. The molecular formula is C17H14FNO3. The molecule has 0 amide bonds. The van der Waals surface area contributed by atoms with Crippen molar-refractivity contribution < 1.29 is 13.5 Å². The molecule has 4 nitrogen and oxygen atoms in total. The van der Waals surface area contributed by atoms with E-state index >= 15 is 0 Å². The van der Waals surface area contributed by atoms with Crippen LogP contribution in [0.3, 0.4) is 0 Å². The molecule has 0 bridgehead atoms. The van der Waals surface area contributed by atoms with Crippen molar-refractivity contribution in [2.45, 2.75) is 6.92 Å². The Labute approximate surface area is 125 Å². The van der Waals surface area contributed by atoms with Gasteiger partial charge in [-0.1, -0.05) is 0 Å². The van der Waals surface area contributed by atoms with Crippen LogP contribution in [0.2, 0.25) is 0 Å². The number of rotatable bonds is 3. The molecule has 22 heavy (non-hydrogen) atoms. The monoisotopic (exact) mass is 299 g/mol. The van der Waals surface area contributed by atoms with Crippen LogP contribution in [-0.4, -0.2) is 6.61 Å². The second-order valence-electron chi connectivity index (χ2n) is 4.80. The molecule has 0 spiro atoms. The highest BCUT2D eigenvalue weighted by atomic mass is 19.1. The van der Waals surface area contributed by atoms with E-state index in [1.807, 2.05) is 6.92 Å². The molecule has 5 heteroatoms. The summed E-state index contributed by atoms with van der Waals surface area (Å²) in [5.74, 6) is 0.442. The van der Waals surface area contributed by atoms with Crippen LogP contribution < -0.4 is 15.9 Å². The quantitative estimate of drug-likeness (QED) is 0.751. The highest BCUT2D eigenvalue weighted by Gasteiger charge is 2.09. The van der Waals surface area contributed by atoms with Crippen molar-refractivity contribution in [3.63, 3.8) is 0 Å². The Bertz CT molecular complexity index is 902. The highest BCUT2D eigenvalue weighted by Crippen LogP contribution is 2.26. The predicted molar refractivity (Wildman–Crippen MR) is 83.5 cm³/mol. The largest absolute Gasteiger partial charge is 0.494 e. The van der Waals surface area contributed by atoms with Crippen LogP contribution in [0.15, 0.2) is 51.7 Å². The molecule has 0 radical (unpaired) electrons. The van der Waals surface area contributed by atoms with E-state index < -0.39 is 5.82 Å². The molecule has 1 heterocycles. The normalized spacial score (nSPS) is 10.8. The van der Waals surface area contributed by atoms with Crippen LogP contribution >= 0.6 is 0 Å². The number of hydrogen-bond donors (Lipinski definition) is 1. The van der Waals surface area contributed by atoms with Crippen molar-refractivity contribution in [2.24, 2.45) is 0 Å². The highest BCUT2D eigenvalue weighted by molar-refractivity contribution is 5.80. The second-order valence-corrected chi connectivity index (χ2v) is 4.80. The van der Waals surface area contributed by atoms with Crippen LogP contribution in [-0.2, 0) is 0 Å². The number of ether oxygens (including phenoxy) is 1. The van der Waals surface area contributed by atoms with Crippen LogP contribution in [0.25, 0.3) is 22.3 Å². The summed E-state index contributed by atoms with van der Waals surface area (Å²) in [5.41, 5.74) is 6.34. The Balaban J connectivity index is 2.17. The fraction of sp³-hybridized carbons (Fsp3) is 0.118. The third kappa shape index (κ3) is 2.53. The van der Waals surface area contributed by atoms with Gasteiger partial charge in [0.25, 0.3) is 0 Å². The first-order chi connectivity index (χ1) is 10.6. The van der Waals surface area contributed by atoms with Gasteiger partial charge in [-0.15, -0.1) is 0 Å². The van der Waals surface area contributed by atoms with Gasteiger partial charge in [0.05, 0.1) is 17.7 Å². The molecule has 3 aromatic rings. The molecule has 0 saturated heterocycles. The minimum absolute atomic E-state index is 0.00307. The van der Waals surface area contributed by atoms with E-state index in [1.54, 1.807) is 18.2 Å². The molecule has 0 aliphatic rings. The average molecular weight is 299 g/mol. The lowest BCUT2D eigenvalue weighted by molar-refractivity contribution is 0.340. The Kier molecular flexibility index (Phi) is 3.55. The molecule has 0 fully saturated rings. The topological polar surface area (TPSA) is 65.5 Å². The number of halogens is 1. The van der Waals surface area contributed by atoms with Crippen molar-refractivity contribution in [1.29, 1.82) is 0 Å². The summed E-state index contributed by atoms with van der Waals surface area (Å²) in [4.78, 5) is 12.2. The summed E-state index contributed by atoms with van der Waals surface area (Å²) in [6, 6.07) is 10.6. The van der Waals surface area contributed by atoms with Gasteiger partial charge in [-0.2, -0.15) is 0 Å². The summed E-state index contributed by atoms with van der Waals surface area (Å²) < 4.78 is 24.4. The Morgan fingerprint density at radius 3 is 2.73 bits per heavy atom. The smallest absolute Gasteiger partial charge is 0.193 e. The first kappa shape index (κ1) is 14.1. The lowest BCUT2D eigenvalue weighted by atomic mass is 10.1. The summed E-state index contributed by atoms with van der Waals surface area (Å²) in [6.07, 6.45) is 0. The first-order valence-electron chi connectivity index (χ1n) is 6.84. The minimum Gasteiger partial charge on any atom is -0.494 e. The molecule has 0 saturated carbocycles. The van der Waals surface area contributed by atoms with Crippen molar-refractivity contribution >= 4 is 16.7 Å². The maximum absolute atomic E-state index is 13.3. The predicted octanol–water partition coefficient (Wildman–Crippen LogP) is 3.58. The van der Waals surface area contributed by atoms with E-state index in [1.165, 1.54) is 24.3 Å². The van der Waals surface area contributed by atoms with E-state index in [0.29, 0.717) is 34.6 Å². The third-order valence-corrected chi connectivity index (χ3v) is 3.29. The molecule has 0 atom stereocenters. The van der Waals surface area contributed by atoms with Crippen LogP contribution in [0, 0.1) is 5.82 Å². The lowest BCUT2D eigenvalue weighted by Gasteiger charge is -2.07. The lowest BCUT2D eigenvalue weighted by Crippen LogP contribution is -2.01. The van der Waals surface area contributed by atoms with Gasteiger partial charge in [0, 0.05) is 17.7 Å². The number of fused-ring (bicyclic) bond motifs is 1. The number of hydrogen-bond acceptors (Lipinski definition) is 4. The zero-order chi connectivity index (χ0) is 15.7. The minimum atomic E-state index is -0.509. The van der Waals surface area contributed by atoms with Crippen molar-refractivity contribution in [2.75, 3.05) is 12.3 Å². The number of anilines is 1. The van der Waals surface area contributed by atoms with Crippen molar-refractivity contribution in [3.8, 4) is 17.1 Å². The Morgan fingerprint density at radius 1 is 1.18 bits per heavy atom. The van der Waals surface area contributed by atoms with Gasteiger partial charge in [-0.3, -0.25) is 4.79 Å². The van der Waals surface area contributed by atoms with Crippen LogP contribution in [0.4, 0.5) is 10.1 Å². The Morgan fingerprint density at radius 2 is 2.00 bits per heavy atom. The van der Waals surface area contributed by atoms with E-state index in [4.69, 9.17) is 14.9 Å². The average Bonchev–Trinajstić information content (AvgIpc) is 2.50. The van der Waals surface area contributed by atoms with E-state index in [2.05, 4.69) is 0 Å². The number of nitrogen functional groups attached to an aromatic ring is 1. The van der Waals surface area contributed by atoms with Gasteiger partial charge in [-0.05, 0) is 37.3 Å². The zero-order valence-electron chi connectivity index (χ0n) is 11.9. The first-order valence-corrected chi connectivity index (χ1v) is 6.84. The van der Waals surface area contributed by atoms with Crippen LogP contribution in [0.1, 0.15) is 6.92 Å². The molecular weight excluding hydrogens is 285 g/mol. The summed E-state index contributed by atoms with van der Waals surface area (Å²) in [5, 5.41) is 0.460. The van der Waals surface area contributed by atoms with E-state index in [-0.39, 0.29) is 11.1 Å². The molecule has 0 aliphatic carbocycles. The van der Waals surface area contributed by atoms with E-state index in [9.17, 15) is 9.18 Å². The molecule has 0 aliphatic heterocycles. The number of nitrogens with two attached hydrogens (primary N) is 1. The second kappa shape index (κ2) is 5.52. The standard InChI is InChI=1S/C17H14FNO3/c1-2-21-11-4-5-12-15(20)9-16(22-17(12)8-11)10-3-6-13(18)14(19)7-10/h3-9H,2,19H2,1H3. The summed E-state index contributed by atoms with van der Waals surface area (Å²) >= 11 is 0. The Hall–Kier alpha value is -2.82. The van der Waals surface area contributed by atoms with Gasteiger partial charge in [-0.25, -0.2) is 4.39 Å². The molecule has 3 rings (SSSR count). The van der Waals surface area contributed by atoms with Crippen molar-refractivity contribution in [3.05, 3.63) is 58.5 Å². The SMILES string of the molecule is CCOc1ccc2c(=O)cc(-c3ccc(F)c(N)c3)oc2c1. The fourth-order valence-electron chi connectivity index (χ4n) is 2.23. The van der Waals surface area contributed by atoms with Gasteiger partial charge in [0.15, 0.2) is 5.43 Å². The maximum atomic E-state index is 13.3. The zero-order valence-corrected chi connectivity index (χ0v) is 11.9. The number of benzene rings is 2. The van der Waals surface area contributed by atoms with Crippen LogP contribution in [0.5, 0.6) is 5.75 Å². The van der Waals surface area contributed by atoms with Gasteiger partial charge >= 0.3 is 0 Å².